The number of halogens is 1. The molecule has 3 aromatic rings. The Kier molecular flexibility index (Phi) is 6.19. The first-order chi connectivity index (χ1) is 13.4. The van der Waals surface area contributed by atoms with E-state index in [0.29, 0.717) is 12.3 Å². The van der Waals surface area contributed by atoms with Gasteiger partial charge in [0.15, 0.2) is 6.10 Å². The van der Waals surface area contributed by atoms with E-state index in [1.54, 1.807) is 18.9 Å². The molecule has 28 heavy (non-hydrogen) atoms. The average Bonchev–Trinajstić information content (AvgIpc) is 2.98. The number of hydrogen-bond donors (Lipinski definition) is 0. The molecule has 0 saturated heterocycles. The van der Waals surface area contributed by atoms with Crippen LogP contribution in [0, 0.1) is 13.8 Å². The summed E-state index contributed by atoms with van der Waals surface area (Å²) >= 11 is 3.39. The molecular formula is C22H24BrN3O2. The summed E-state index contributed by atoms with van der Waals surface area (Å²) in [6.45, 7) is 6.26. The molecule has 0 saturated carbocycles. The van der Waals surface area contributed by atoms with Crippen LogP contribution in [0.3, 0.4) is 0 Å². The molecule has 0 fully saturated rings. The van der Waals surface area contributed by atoms with Crippen LogP contribution < -0.4 is 4.74 Å². The number of para-hydroxylation sites is 1. The number of likely N-dealkylation sites (N-methyl/N-ethyl adjacent to an activating group) is 1. The molecule has 1 atom stereocenters. The highest BCUT2D eigenvalue weighted by molar-refractivity contribution is 9.10. The van der Waals surface area contributed by atoms with Crippen LogP contribution in [0.25, 0.3) is 5.69 Å². The normalized spacial score (nSPS) is 11.9. The van der Waals surface area contributed by atoms with Gasteiger partial charge in [-0.05, 0) is 57.2 Å². The van der Waals surface area contributed by atoms with Gasteiger partial charge in [0.1, 0.15) is 5.75 Å². The Hall–Kier alpha value is -2.60. The molecule has 1 amide bonds. The Balaban J connectivity index is 1.71. The van der Waals surface area contributed by atoms with E-state index in [1.807, 2.05) is 73.1 Å². The Morgan fingerprint density at radius 3 is 2.43 bits per heavy atom. The van der Waals surface area contributed by atoms with E-state index < -0.39 is 6.10 Å². The lowest BCUT2D eigenvalue weighted by atomic mass is 10.1. The fraction of sp³-hybridized carbons (Fsp3) is 0.273. The van der Waals surface area contributed by atoms with Crippen molar-refractivity contribution < 1.29 is 9.53 Å². The number of carbonyl (C=O) groups excluding carboxylic acids is 1. The molecule has 1 heterocycles. The van der Waals surface area contributed by atoms with Gasteiger partial charge >= 0.3 is 0 Å². The van der Waals surface area contributed by atoms with Crippen LogP contribution in [0.1, 0.15) is 23.9 Å². The van der Waals surface area contributed by atoms with E-state index in [4.69, 9.17) is 4.74 Å². The first-order valence-corrected chi connectivity index (χ1v) is 9.94. The number of amides is 1. The van der Waals surface area contributed by atoms with Crippen LogP contribution in [0.2, 0.25) is 0 Å². The third kappa shape index (κ3) is 4.44. The SMILES string of the molecule is Cc1nn(-c2ccccc2)c(C)c1CN(C)C(=O)[C@H](C)Oc1ccc(Br)cc1. The number of hydrogen-bond acceptors (Lipinski definition) is 3. The highest BCUT2D eigenvalue weighted by atomic mass is 79.9. The number of carbonyl (C=O) groups is 1. The lowest BCUT2D eigenvalue weighted by molar-refractivity contribution is -0.137. The van der Waals surface area contributed by atoms with Crippen LogP contribution in [-0.4, -0.2) is 33.7 Å². The number of aryl methyl sites for hydroxylation is 1. The van der Waals surface area contributed by atoms with Crippen LogP contribution in [0.15, 0.2) is 59.1 Å². The third-order valence-corrected chi connectivity index (χ3v) is 5.22. The second-order valence-electron chi connectivity index (χ2n) is 6.81. The minimum absolute atomic E-state index is 0.0748. The highest BCUT2D eigenvalue weighted by Gasteiger charge is 2.22. The van der Waals surface area contributed by atoms with E-state index >= 15 is 0 Å². The molecule has 0 spiro atoms. The summed E-state index contributed by atoms with van der Waals surface area (Å²) < 4.78 is 8.68. The molecule has 5 nitrogen and oxygen atoms in total. The van der Waals surface area contributed by atoms with Crippen molar-refractivity contribution in [3.63, 3.8) is 0 Å². The maximum atomic E-state index is 12.8. The van der Waals surface area contributed by atoms with Gasteiger partial charge in [-0.1, -0.05) is 34.1 Å². The Morgan fingerprint density at radius 1 is 1.14 bits per heavy atom. The highest BCUT2D eigenvalue weighted by Crippen LogP contribution is 2.21. The Bertz CT molecular complexity index is 952. The number of benzene rings is 2. The molecule has 2 aromatic carbocycles. The van der Waals surface area contributed by atoms with E-state index in [2.05, 4.69) is 21.0 Å². The van der Waals surface area contributed by atoms with Crippen LogP contribution >= 0.6 is 15.9 Å². The van der Waals surface area contributed by atoms with Gasteiger partial charge < -0.3 is 9.64 Å². The first-order valence-electron chi connectivity index (χ1n) is 9.14. The van der Waals surface area contributed by atoms with Gasteiger partial charge in [-0.3, -0.25) is 4.79 Å². The summed E-state index contributed by atoms with van der Waals surface area (Å²) in [6.07, 6.45) is -0.573. The van der Waals surface area contributed by atoms with E-state index in [1.165, 1.54) is 0 Å². The van der Waals surface area contributed by atoms with Crippen molar-refractivity contribution in [1.82, 2.24) is 14.7 Å². The first kappa shape index (κ1) is 20.1. The van der Waals surface area contributed by atoms with Crippen molar-refractivity contribution >= 4 is 21.8 Å². The van der Waals surface area contributed by atoms with E-state index in [-0.39, 0.29) is 5.91 Å². The number of aromatic nitrogens is 2. The average molecular weight is 442 g/mol. The molecule has 3 rings (SSSR count). The molecule has 0 radical (unpaired) electrons. The Labute approximate surface area is 174 Å². The molecule has 0 unspecified atom stereocenters. The molecule has 0 aliphatic heterocycles. The largest absolute Gasteiger partial charge is 0.481 e. The molecule has 0 bridgehead atoms. The topological polar surface area (TPSA) is 47.4 Å². The predicted molar refractivity (Wildman–Crippen MR) is 114 cm³/mol. The second-order valence-corrected chi connectivity index (χ2v) is 7.72. The molecule has 1 aromatic heterocycles. The van der Waals surface area contributed by atoms with Crippen LogP contribution in [-0.2, 0) is 11.3 Å². The molecule has 0 aliphatic rings. The Morgan fingerprint density at radius 2 is 1.79 bits per heavy atom. The molecule has 0 aliphatic carbocycles. The quantitative estimate of drug-likeness (QED) is 0.557. The smallest absolute Gasteiger partial charge is 0.263 e. The molecule has 0 N–H and O–H groups in total. The van der Waals surface area contributed by atoms with Crippen LogP contribution in [0.4, 0.5) is 0 Å². The van der Waals surface area contributed by atoms with Gasteiger partial charge in [-0.15, -0.1) is 0 Å². The van der Waals surface area contributed by atoms with E-state index in [0.717, 1.165) is 27.1 Å². The number of rotatable bonds is 6. The second kappa shape index (κ2) is 8.61. The minimum Gasteiger partial charge on any atom is -0.481 e. The van der Waals surface area contributed by atoms with Crippen molar-refractivity contribution in [2.45, 2.75) is 33.4 Å². The zero-order valence-electron chi connectivity index (χ0n) is 16.5. The fourth-order valence-electron chi connectivity index (χ4n) is 3.12. The standard InChI is InChI=1S/C22H24BrN3O2/c1-15-21(16(2)26(24-15)19-8-6-5-7-9-19)14-25(4)22(27)17(3)28-20-12-10-18(23)11-13-20/h5-13,17H,14H2,1-4H3/t17-/m0/s1. The van der Waals surface area contributed by atoms with E-state index in [9.17, 15) is 4.79 Å². The monoisotopic (exact) mass is 441 g/mol. The minimum atomic E-state index is -0.573. The van der Waals surface area contributed by atoms with Gasteiger partial charge in [0.05, 0.1) is 11.4 Å². The number of ether oxygens (including phenoxy) is 1. The summed E-state index contributed by atoms with van der Waals surface area (Å²) in [5.74, 6) is 0.593. The molecule has 146 valence electrons. The van der Waals surface area contributed by atoms with Crippen molar-refractivity contribution in [1.29, 1.82) is 0 Å². The summed E-state index contributed by atoms with van der Waals surface area (Å²) in [5.41, 5.74) is 4.01. The van der Waals surface area contributed by atoms with Crippen molar-refractivity contribution in [3.8, 4) is 11.4 Å². The third-order valence-electron chi connectivity index (χ3n) is 4.69. The van der Waals surface area contributed by atoms with Gasteiger partial charge in [-0.25, -0.2) is 4.68 Å². The van der Waals surface area contributed by atoms with Crippen molar-refractivity contribution in [2.24, 2.45) is 0 Å². The van der Waals surface area contributed by atoms with Crippen LogP contribution in [0.5, 0.6) is 5.75 Å². The fourth-order valence-corrected chi connectivity index (χ4v) is 3.38. The van der Waals surface area contributed by atoms with Gasteiger partial charge in [0, 0.05) is 29.3 Å². The maximum absolute atomic E-state index is 12.8. The maximum Gasteiger partial charge on any atom is 0.263 e. The summed E-state index contributed by atoms with van der Waals surface area (Å²) in [6, 6.07) is 17.5. The molecular weight excluding hydrogens is 418 g/mol. The van der Waals surface area contributed by atoms with Gasteiger partial charge in [-0.2, -0.15) is 5.10 Å². The lowest BCUT2D eigenvalue weighted by Crippen LogP contribution is -2.37. The van der Waals surface area contributed by atoms with Gasteiger partial charge in [0.25, 0.3) is 5.91 Å². The van der Waals surface area contributed by atoms with Crippen molar-refractivity contribution in [2.75, 3.05) is 7.05 Å². The molecule has 6 heteroatoms. The summed E-state index contributed by atoms with van der Waals surface area (Å²) in [4.78, 5) is 14.5. The van der Waals surface area contributed by atoms with Crippen molar-refractivity contribution in [3.05, 3.63) is 76.0 Å². The summed E-state index contributed by atoms with van der Waals surface area (Å²) in [7, 11) is 1.79. The predicted octanol–water partition coefficient (Wildman–Crippen LogP) is 4.68. The van der Waals surface area contributed by atoms with Gasteiger partial charge in [0.2, 0.25) is 0 Å². The zero-order chi connectivity index (χ0) is 20.3. The summed E-state index contributed by atoms with van der Waals surface area (Å²) in [5, 5.41) is 4.66. The lowest BCUT2D eigenvalue weighted by Gasteiger charge is -2.22. The zero-order valence-corrected chi connectivity index (χ0v) is 18.1. The number of nitrogens with zero attached hydrogens (tertiary/aromatic N) is 3.